The van der Waals surface area contributed by atoms with Gasteiger partial charge in [-0.3, -0.25) is 9.78 Å². The molecule has 1 fully saturated rings. The Hall–Kier alpha value is -3.46. The number of pyridine rings is 2. The lowest BCUT2D eigenvalue weighted by atomic mass is 10.0. The van der Waals surface area contributed by atoms with E-state index in [1.165, 1.54) is 0 Å². The summed E-state index contributed by atoms with van der Waals surface area (Å²) in [6, 6.07) is 6.17. The fourth-order valence-electron chi connectivity index (χ4n) is 3.90. The minimum Gasteiger partial charge on any atom is -0.458 e. The van der Waals surface area contributed by atoms with Gasteiger partial charge in [-0.25, -0.2) is 9.98 Å². The monoisotopic (exact) mass is 449 g/mol. The normalized spacial score (nSPS) is 22.4. The molecule has 1 atom stereocenters. The Balaban J connectivity index is 1.55. The van der Waals surface area contributed by atoms with E-state index in [0.717, 1.165) is 41.1 Å². The predicted octanol–water partition coefficient (Wildman–Crippen LogP) is 1.69. The van der Waals surface area contributed by atoms with Crippen LogP contribution in [0.25, 0.3) is 16.6 Å². The van der Waals surface area contributed by atoms with Gasteiger partial charge in [-0.2, -0.15) is 0 Å². The average molecular weight is 450 g/mol. The third kappa shape index (κ3) is 5.31. The summed E-state index contributed by atoms with van der Waals surface area (Å²) in [5.41, 5.74) is 15.3. The maximum absolute atomic E-state index is 12.5. The van der Waals surface area contributed by atoms with Crippen LogP contribution in [0.1, 0.15) is 26.5 Å². The molecule has 0 aliphatic carbocycles. The number of ether oxygens (including phenoxy) is 1. The Morgan fingerprint density at radius 3 is 2.67 bits per heavy atom. The molecule has 4 rings (SSSR count). The second-order valence-corrected chi connectivity index (χ2v) is 8.95. The quantitative estimate of drug-likeness (QED) is 0.731. The summed E-state index contributed by atoms with van der Waals surface area (Å²) in [6.45, 7) is 8.52. The molecule has 0 radical (unpaired) electrons. The number of amidine groups is 1. The van der Waals surface area contributed by atoms with E-state index < -0.39 is 5.54 Å². The van der Waals surface area contributed by atoms with Crippen LogP contribution in [-0.4, -0.2) is 71.2 Å². The maximum Gasteiger partial charge on any atom is 0.282 e. The van der Waals surface area contributed by atoms with Crippen molar-refractivity contribution in [1.29, 1.82) is 0 Å². The highest BCUT2D eigenvalue weighted by Gasteiger charge is 2.30. The van der Waals surface area contributed by atoms with Crippen LogP contribution in [0.4, 0.5) is 5.69 Å². The molecular formula is C24H31N7O2. The van der Waals surface area contributed by atoms with Crippen LogP contribution < -0.4 is 16.4 Å². The minimum absolute atomic E-state index is 0.0211. The number of rotatable bonds is 3. The lowest BCUT2D eigenvalue weighted by molar-refractivity contribution is -0.136. The summed E-state index contributed by atoms with van der Waals surface area (Å²) in [6.07, 6.45) is 7.58. The number of carbonyl (C=O) groups excluding carboxylic acids is 1. The van der Waals surface area contributed by atoms with E-state index in [9.17, 15) is 4.79 Å². The summed E-state index contributed by atoms with van der Waals surface area (Å²) < 4.78 is 5.49. The first-order valence-corrected chi connectivity index (χ1v) is 11.2. The Labute approximate surface area is 193 Å². The highest BCUT2D eigenvalue weighted by molar-refractivity contribution is 5.86. The van der Waals surface area contributed by atoms with Crippen molar-refractivity contribution in [3.63, 3.8) is 0 Å². The second-order valence-electron chi connectivity index (χ2n) is 8.95. The molecule has 9 heteroatoms. The first-order valence-electron chi connectivity index (χ1n) is 11.2. The van der Waals surface area contributed by atoms with E-state index in [-0.39, 0.29) is 18.0 Å². The Kier molecular flexibility index (Phi) is 6.33. The van der Waals surface area contributed by atoms with Crippen LogP contribution >= 0.6 is 0 Å². The van der Waals surface area contributed by atoms with Crippen LogP contribution in [0, 0.1) is 0 Å². The fraction of sp³-hybridized carbons (Fsp3) is 0.417. The molecular weight excluding hydrogens is 418 g/mol. The molecule has 0 saturated carbocycles. The largest absolute Gasteiger partial charge is 0.458 e. The predicted molar refractivity (Wildman–Crippen MR) is 131 cm³/mol. The Morgan fingerprint density at radius 2 is 1.94 bits per heavy atom. The summed E-state index contributed by atoms with van der Waals surface area (Å²) in [4.78, 5) is 30.2. The number of piperazine rings is 1. The van der Waals surface area contributed by atoms with Crippen LogP contribution in [0.3, 0.4) is 0 Å². The minimum atomic E-state index is -0.854. The molecule has 33 heavy (non-hydrogen) atoms. The molecule has 4 N–H and O–H groups in total. The van der Waals surface area contributed by atoms with E-state index in [0.29, 0.717) is 19.6 Å². The van der Waals surface area contributed by atoms with Crippen molar-refractivity contribution >= 4 is 34.2 Å². The van der Waals surface area contributed by atoms with Gasteiger partial charge in [-0.15, -0.1) is 0 Å². The smallest absolute Gasteiger partial charge is 0.282 e. The van der Waals surface area contributed by atoms with Gasteiger partial charge in [0.1, 0.15) is 6.10 Å². The van der Waals surface area contributed by atoms with Crippen molar-refractivity contribution in [3.05, 3.63) is 48.3 Å². The average Bonchev–Trinajstić information content (AvgIpc) is 2.87. The molecule has 4 heterocycles. The van der Waals surface area contributed by atoms with Gasteiger partial charge in [0.05, 0.1) is 40.7 Å². The van der Waals surface area contributed by atoms with Crippen molar-refractivity contribution in [2.45, 2.75) is 32.4 Å². The van der Waals surface area contributed by atoms with Gasteiger partial charge in [0, 0.05) is 26.2 Å². The number of allylic oxidation sites excluding steroid dienone is 2. The molecule has 1 amide bonds. The highest BCUT2D eigenvalue weighted by atomic mass is 16.5. The molecule has 2 aromatic rings. The van der Waals surface area contributed by atoms with E-state index in [2.05, 4.69) is 20.9 Å². The standard InChI is InChI=1S/C24H31N7O2/c1-16-4-5-17(8-9-27-23(25)33-16)19-6-7-20-21(29-19)14-18(15-28-20)30-10-12-31(13-11-30)22(32)24(2,3)26/h4-8,14-16H,9-13,26H2,1-3H3,(H2,25,27)/b5-4-,17-8+. The molecule has 1 saturated heterocycles. The molecule has 0 aromatic carbocycles. The Bertz CT molecular complexity index is 1130. The molecule has 0 bridgehead atoms. The van der Waals surface area contributed by atoms with Crippen LogP contribution in [-0.2, 0) is 9.53 Å². The SMILES string of the molecule is CC1/C=C\C(c2ccc3ncc(N4CCN(C(=O)C(C)(C)N)CC4)cc3n2)=C/CN=C(N)O1. The molecule has 2 aliphatic rings. The third-order valence-corrected chi connectivity index (χ3v) is 5.71. The number of nitrogens with zero attached hydrogens (tertiary/aromatic N) is 5. The topological polar surface area (TPSA) is 123 Å². The lowest BCUT2D eigenvalue weighted by Gasteiger charge is -2.38. The van der Waals surface area contributed by atoms with Crippen molar-refractivity contribution in [2.75, 3.05) is 37.6 Å². The number of anilines is 1. The third-order valence-electron chi connectivity index (χ3n) is 5.71. The number of aliphatic imine (C=N–C) groups is 1. The molecule has 1 unspecified atom stereocenters. The van der Waals surface area contributed by atoms with Gasteiger partial charge in [0.25, 0.3) is 6.02 Å². The van der Waals surface area contributed by atoms with E-state index in [4.69, 9.17) is 21.2 Å². The zero-order valence-electron chi connectivity index (χ0n) is 19.4. The van der Waals surface area contributed by atoms with Crippen LogP contribution in [0.5, 0.6) is 0 Å². The summed E-state index contributed by atoms with van der Waals surface area (Å²) in [5, 5.41) is 0. The van der Waals surface area contributed by atoms with Gasteiger partial charge in [0.2, 0.25) is 5.91 Å². The Morgan fingerprint density at radius 1 is 1.18 bits per heavy atom. The number of hydrogen-bond acceptors (Lipinski definition) is 8. The highest BCUT2D eigenvalue weighted by Crippen LogP contribution is 2.23. The van der Waals surface area contributed by atoms with Gasteiger partial charge in [-0.05, 0) is 50.6 Å². The number of nitrogens with two attached hydrogens (primary N) is 2. The van der Waals surface area contributed by atoms with Gasteiger partial charge in [-0.1, -0.05) is 12.2 Å². The summed E-state index contributed by atoms with van der Waals surface area (Å²) in [7, 11) is 0. The summed E-state index contributed by atoms with van der Waals surface area (Å²) >= 11 is 0. The van der Waals surface area contributed by atoms with Crippen molar-refractivity contribution in [2.24, 2.45) is 16.5 Å². The number of fused-ring (bicyclic) bond motifs is 1. The first-order chi connectivity index (χ1) is 15.7. The number of aromatic nitrogens is 2. The fourth-order valence-corrected chi connectivity index (χ4v) is 3.90. The van der Waals surface area contributed by atoms with Crippen molar-refractivity contribution < 1.29 is 9.53 Å². The second kappa shape index (κ2) is 9.19. The van der Waals surface area contributed by atoms with Gasteiger partial charge >= 0.3 is 0 Å². The maximum atomic E-state index is 12.5. The van der Waals surface area contributed by atoms with Crippen LogP contribution in [0.15, 0.2) is 47.6 Å². The molecule has 174 valence electrons. The lowest BCUT2D eigenvalue weighted by Crippen LogP contribution is -2.57. The van der Waals surface area contributed by atoms with E-state index >= 15 is 0 Å². The van der Waals surface area contributed by atoms with Crippen molar-refractivity contribution in [1.82, 2.24) is 14.9 Å². The molecule has 0 spiro atoms. The van der Waals surface area contributed by atoms with Crippen molar-refractivity contribution in [3.8, 4) is 0 Å². The number of hydrogen-bond donors (Lipinski definition) is 2. The molecule has 2 aromatic heterocycles. The van der Waals surface area contributed by atoms with E-state index in [1.807, 2.05) is 48.4 Å². The molecule has 2 aliphatic heterocycles. The van der Waals surface area contributed by atoms with Gasteiger partial charge < -0.3 is 26.0 Å². The van der Waals surface area contributed by atoms with E-state index in [1.54, 1.807) is 13.8 Å². The van der Waals surface area contributed by atoms with Gasteiger partial charge in [0.15, 0.2) is 0 Å². The zero-order chi connectivity index (χ0) is 23.6. The molecule has 9 nitrogen and oxygen atoms in total. The number of amides is 1. The zero-order valence-corrected chi connectivity index (χ0v) is 19.4. The van der Waals surface area contributed by atoms with Crippen LogP contribution in [0.2, 0.25) is 0 Å². The number of carbonyl (C=O) groups is 1. The summed E-state index contributed by atoms with van der Waals surface area (Å²) in [5.74, 6) is -0.0211. The first kappa shape index (κ1) is 22.7.